The van der Waals surface area contributed by atoms with Gasteiger partial charge in [-0.1, -0.05) is 18.2 Å². The molecule has 144 valence electrons. The lowest BCUT2D eigenvalue weighted by Crippen LogP contribution is -2.57. The van der Waals surface area contributed by atoms with Gasteiger partial charge in [-0.05, 0) is 18.6 Å². The van der Waals surface area contributed by atoms with Crippen molar-refractivity contribution < 1.29 is 22.4 Å². The first-order chi connectivity index (χ1) is 11.9. The summed E-state index contributed by atoms with van der Waals surface area (Å²) in [6, 6.07) is 5.31. The van der Waals surface area contributed by atoms with Crippen molar-refractivity contribution in [2.75, 3.05) is 32.7 Å². The van der Waals surface area contributed by atoms with Crippen LogP contribution in [0.25, 0.3) is 11.0 Å². The molecule has 1 aliphatic heterocycles. The van der Waals surface area contributed by atoms with Crippen LogP contribution in [0.1, 0.15) is 16.1 Å². The zero-order valence-electron chi connectivity index (χ0n) is 14.2. The molecule has 1 fully saturated rings. The maximum Gasteiger partial charge on any atom is 0.405 e. The fourth-order valence-electron chi connectivity index (χ4n) is 3.04. The van der Waals surface area contributed by atoms with Gasteiger partial charge < -0.3 is 15.1 Å². The monoisotopic (exact) mass is 391 g/mol. The van der Waals surface area contributed by atoms with Crippen molar-refractivity contribution in [3.05, 3.63) is 35.6 Å². The number of fused-ring (bicyclic) bond motifs is 1. The quantitative estimate of drug-likeness (QED) is 0.841. The number of alkyl halides is 3. The van der Waals surface area contributed by atoms with E-state index < -0.39 is 24.7 Å². The van der Waals surface area contributed by atoms with Crippen LogP contribution in [-0.2, 0) is 0 Å². The molecule has 0 bridgehead atoms. The van der Waals surface area contributed by atoms with Crippen LogP contribution in [-0.4, -0.2) is 55.7 Å². The number of piperazine rings is 1. The molecule has 0 radical (unpaired) electrons. The molecular weight excluding hydrogens is 371 g/mol. The summed E-state index contributed by atoms with van der Waals surface area (Å²) in [6.07, 6.45) is -4.41. The number of halogens is 4. The van der Waals surface area contributed by atoms with E-state index >= 15 is 0 Å². The van der Waals surface area contributed by atoms with Gasteiger partial charge in [-0.25, -0.2) is 0 Å². The number of amides is 1. The molecule has 0 spiro atoms. The van der Waals surface area contributed by atoms with Crippen LogP contribution in [0.5, 0.6) is 0 Å². The van der Waals surface area contributed by atoms with Gasteiger partial charge in [-0.2, -0.15) is 13.2 Å². The number of nitrogens with zero attached hydrogens (tertiary/aromatic N) is 1. The van der Waals surface area contributed by atoms with Crippen LogP contribution in [0.2, 0.25) is 0 Å². The summed E-state index contributed by atoms with van der Waals surface area (Å²) in [6.45, 7) is 2.94. The number of furan rings is 1. The van der Waals surface area contributed by atoms with Gasteiger partial charge in [0.05, 0.1) is 0 Å². The number of rotatable bonds is 4. The predicted octanol–water partition coefficient (Wildman–Crippen LogP) is 2.73. The Morgan fingerprint density at radius 2 is 2.04 bits per heavy atom. The smallest absolute Gasteiger partial charge is 0.405 e. The van der Waals surface area contributed by atoms with Crippen molar-refractivity contribution in [1.82, 2.24) is 15.5 Å². The van der Waals surface area contributed by atoms with Gasteiger partial charge in [-0.15, -0.1) is 12.4 Å². The van der Waals surface area contributed by atoms with Crippen molar-refractivity contribution >= 4 is 29.3 Å². The lowest BCUT2D eigenvalue weighted by Gasteiger charge is -2.35. The van der Waals surface area contributed by atoms with E-state index in [1.54, 1.807) is 12.1 Å². The Morgan fingerprint density at radius 3 is 2.65 bits per heavy atom. The summed E-state index contributed by atoms with van der Waals surface area (Å²) in [7, 11) is 0. The molecule has 1 aromatic carbocycles. The van der Waals surface area contributed by atoms with Crippen LogP contribution < -0.4 is 10.6 Å². The zero-order valence-corrected chi connectivity index (χ0v) is 15.0. The van der Waals surface area contributed by atoms with E-state index in [-0.39, 0.29) is 18.2 Å². The Bertz CT molecular complexity index is 757. The van der Waals surface area contributed by atoms with Crippen molar-refractivity contribution in [2.24, 2.45) is 0 Å². The van der Waals surface area contributed by atoms with E-state index in [2.05, 4.69) is 10.6 Å². The van der Waals surface area contributed by atoms with Gasteiger partial charge >= 0.3 is 6.18 Å². The SMILES string of the molecule is Cc1cccc2cc(C(=O)NCC(N3CCNCC3)C(F)(F)F)oc12.Cl. The maximum atomic E-state index is 13.3. The van der Waals surface area contributed by atoms with Gasteiger partial charge in [0.15, 0.2) is 5.76 Å². The van der Waals surface area contributed by atoms with Crippen LogP contribution in [0.3, 0.4) is 0 Å². The van der Waals surface area contributed by atoms with Crippen molar-refractivity contribution in [3.63, 3.8) is 0 Å². The number of carbonyl (C=O) groups excluding carboxylic acids is 1. The Kier molecular flexibility index (Phi) is 6.54. The Labute approximate surface area is 155 Å². The van der Waals surface area contributed by atoms with Gasteiger partial charge in [0, 0.05) is 38.1 Å². The highest BCUT2D eigenvalue weighted by Gasteiger charge is 2.43. The average Bonchev–Trinajstić information content (AvgIpc) is 3.00. The molecule has 2 heterocycles. The zero-order chi connectivity index (χ0) is 18.0. The molecule has 2 N–H and O–H groups in total. The summed E-state index contributed by atoms with van der Waals surface area (Å²) >= 11 is 0. The van der Waals surface area contributed by atoms with Crippen molar-refractivity contribution in [3.8, 4) is 0 Å². The summed E-state index contributed by atoms with van der Waals surface area (Å²) in [5.74, 6) is -0.620. The highest BCUT2D eigenvalue weighted by Crippen LogP contribution is 2.25. The normalized spacial score (nSPS) is 16.9. The van der Waals surface area contributed by atoms with Gasteiger partial charge in [0.1, 0.15) is 11.6 Å². The Hall–Kier alpha value is -1.77. The molecule has 3 rings (SSSR count). The third-order valence-corrected chi connectivity index (χ3v) is 4.39. The summed E-state index contributed by atoms with van der Waals surface area (Å²) in [5, 5.41) is 6.14. The van der Waals surface area contributed by atoms with E-state index in [0.717, 1.165) is 10.9 Å². The first-order valence-corrected chi connectivity index (χ1v) is 8.15. The third-order valence-electron chi connectivity index (χ3n) is 4.39. The number of nitrogens with one attached hydrogen (secondary N) is 2. The van der Waals surface area contributed by atoms with Crippen LogP contribution in [0.4, 0.5) is 13.2 Å². The second-order valence-electron chi connectivity index (χ2n) is 6.16. The highest BCUT2D eigenvalue weighted by molar-refractivity contribution is 5.96. The predicted molar refractivity (Wildman–Crippen MR) is 94.8 cm³/mol. The standard InChI is InChI=1S/C17H20F3N3O2.ClH/c1-11-3-2-4-12-9-13(25-15(11)12)16(24)22-10-14(17(18,19)20)23-7-5-21-6-8-23;/h2-4,9,14,21H,5-8,10H2,1H3,(H,22,24);1H. The molecule has 1 atom stereocenters. The minimum atomic E-state index is -4.41. The number of carbonyl (C=O) groups is 1. The van der Waals surface area contributed by atoms with Crippen LogP contribution in [0, 0.1) is 6.92 Å². The summed E-state index contributed by atoms with van der Waals surface area (Å²) in [4.78, 5) is 13.6. The minimum Gasteiger partial charge on any atom is -0.451 e. The summed E-state index contributed by atoms with van der Waals surface area (Å²) < 4.78 is 45.5. The molecule has 1 saturated heterocycles. The molecule has 9 heteroatoms. The topological polar surface area (TPSA) is 57.5 Å². The fraction of sp³-hybridized carbons (Fsp3) is 0.471. The molecule has 1 unspecified atom stereocenters. The van der Waals surface area contributed by atoms with Crippen molar-refractivity contribution in [2.45, 2.75) is 19.1 Å². The van der Waals surface area contributed by atoms with Gasteiger partial charge in [-0.3, -0.25) is 9.69 Å². The first kappa shape index (κ1) is 20.5. The minimum absolute atomic E-state index is 0. The van der Waals surface area contributed by atoms with Gasteiger partial charge in [0.2, 0.25) is 0 Å². The Balaban J connectivity index is 0.00000243. The number of benzene rings is 1. The second kappa shape index (κ2) is 8.28. The molecule has 2 aromatic rings. The van der Waals surface area contributed by atoms with E-state index in [9.17, 15) is 18.0 Å². The highest BCUT2D eigenvalue weighted by atomic mass is 35.5. The van der Waals surface area contributed by atoms with E-state index in [4.69, 9.17) is 4.42 Å². The van der Waals surface area contributed by atoms with E-state index in [0.29, 0.717) is 31.8 Å². The van der Waals surface area contributed by atoms with Crippen molar-refractivity contribution in [1.29, 1.82) is 0 Å². The second-order valence-corrected chi connectivity index (χ2v) is 6.16. The number of hydrogen-bond donors (Lipinski definition) is 2. The Morgan fingerprint density at radius 1 is 1.35 bits per heavy atom. The first-order valence-electron chi connectivity index (χ1n) is 8.15. The van der Waals surface area contributed by atoms with E-state index in [1.807, 2.05) is 19.1 Å². The molecule has 0 saturated carbocycles. The molecule has 1 amide bonds. The number of aryl methyl sites for hydroxylation is 1. The molecule has 5 nitrogen and oxygen atoms in total. The molecule has 1 aromatic heterocycles. The number of para-hydroxylation sites is 1. The summed E-state index contributed by atoms with van der Waals surface area (Å²) in [5.41, 5.74) is 1.44. The molecular formula is C17H21ClF3N3O2. The fourth-order valence-corrected chi connectivity index (χ4v) is 3.04. The lowest BCUT2D eigenvalue weighted by molar-refractivity contribution is -0.183. The lowest BCUT2D eigenvalue weighted by atomic mass is 10.2. The largest absolute Gasteiger partial charge is 0.451 e. The molecule has 0 aliphatic carbocycles. The molecule has 1 aliphatic rings. The maximum absolute atomic E-state index is 13.3. The molecule has 26 heavy (non-hydrogen) atoms. The van der Waals surface area contributed by atoms with Crippen LogP contribution >= 0.6 is 12.4 Å². The average molecular weight is 392 g/mol. The van der Waals surface area contributed by atoms with E-state index in [1.165, 1.54) is 4.90 Å². The number of hydrogen-bond acceptors (Lipinski definition) is 4. The van der Waals surface area contributed by atoms with Crippen LogP contribution in [0.15, 0.2) is 28.7 Å². The third kappa shape index (κ3) is 4.49. The van der Waals surface area contributed by atoms with Gasteiger partial charge in [0.25, 0.3) is 5.91 Å².